The summed E-state index contributed by atoms with van der Waals surface area (Å²) < 4.78 is 1.73. The third kappa shape index (κ3) is 3.69. The van der Waals surface area contributed by atoms with Crippen LogP contribution in [0.1, 0.15) is 28.9 Å². The van der Waals surface area contributed by atoms with E-state index in [0.29, 0.717) is 11.3 Å². The molecule has 0 aliphatic carbocycles. The van der Waals surface area contributed by atoms with Gasteiger partial charge in [-0.2, -0.15) is 5.10 Å². The predicted octanol–water partition coefficient (Wildman–Crippen LogP) is 4.43. The van der Waals surface area contributed by atoms with Crippen molar-refractivity contribution in [1.29, 1.82) is 0 Å². The Morgan fingerprint density at radius 1 is 0.964 bits per heavy atom. The molecule has 0 saturated carbocycles. The maximum Gasteiger partial charge on any atom is 0.255 e. The Morgan fingerprint density at radius 2 is 1.68 bits per heavy atom. The number of amides is 1. The van der Waals surface area contributed by atoms with Crippen molar-refractivity contribution in [2.24, 2.45) is 0 Å². The van der Waals surface area contributed by atoms with Gasteiger partial charge in [-0.15, -0.1) is 0 Å². The molecule has 2 aromatic heterocycles. The number of benzene rings is 2. The Morgan fingerprint density at radius 3 is 2.36 bits per heavy atom. The molecule has 2 aromatic carbocycles. The summed E-state index contributed by atoms with van der Waals surface area (Å²) in [6.07, 6.45) is 5.19. The summed E-state index contributed by atoms with van der Waals surface area (Å²) in [4.78, 5) is 17.3. The van der Waals surface area contributed by atoms with Crippen molar-refractivity contribution >= 4 is 5.91 Å². The largest absolute Gasteiger partial charge is 0.345 e. The Kier molecular flexibility index (Phi) is 4.97. The van der Waals surface area contributed by atoms with Crippen LogP contribution in [0.15, 0.2) is 91.4 Å². The Bertz CT molecular complexity index is 1060. The topological polar surface area (TPSA) is 59.8 Å². The summed E-state index contributed by atoms with van der Waals surface area (Å²) in [5, 5.41) is 7.74. The molecule has 0 bridgehead atoms. The highest BCUT2D eigenvalue weighted by atomic mass is 16.1. The molecule has 1 atom stereocenters. The van der Waals surface area contributed by atoms with Gasteiger partial charge in [-0.1, -0.05) is 48.5 Å². The number of hydrogen-bond acceptors (Lipinski definition) is 3. The van der Waals surface area contributed by atoms with Gasteiger partial charge in [0.05, 0.1) is 17.3 Å². The Balaban J connectivity index is 1.70. The molecule has 1 amide bonds. The fourth-order valence-corrected chi connectivity index (χ4v) is 3.07. The average Bonchev–Trinajstić information content (AvgIpc) is 3.21. The van der Waals surface area contributed by atoms with E-state index in [2.05, 4.69) is 15.4 Å². The molecule has 5 nitrogen and oxygen atoms in total. The Hall–Kier alpha value is -3.73. The van der Waals surface area contributed by atoms with Crippen molar-refractivity contribution in [3.8, 4) is 16.9 Å². The van der Waals surface area contributed by atoms with E-state index in [4.69, 9.17) is 0 Å². The van der Waals surface area contributed by atoms with Gasteiger partial charge in [-0.05, 0) is 36.8 Å². The third-order valence-corrected chi connectivity index (χ3v) is 4.56. The quantitative estimate of drug-likeness (QED) is 0.567. The lowest BCUT2D eigenvalue weighted by Crippen LogP contribution is -2.26. The SMILES string of the molecule is C[C@H](NC(=O)c1cn(-c2ccccc2)nc1-c1cccnc1)c1ccccc1. The third-order valence-electron chi connectivity index (χ3n) is 4.56. The van der Waals surface area contributed by atoms with Crippen molar-refractivity contribution < 1.29 is 4.79 Å². The summed E-state index contributed by atoms with van der Waals surface area (Å²) in [6.45, 7) is 1.97. The minimum atomic E-state index is -0.169. The summed E-state index contributed by atoms with van der Waals surface area (Å²) in [5.74, 6) is -0.169. The smallest absolute Gasteiger partial charge is 0.255 e. The number of pyridine rings is 1. The van der Waals surface area contributed by atoms with E-state index >= 15 is 0 Å². The van der Waals surface area contributed by atoms with Crippen LogP contribution in [0.25, 0.3) is 16.9 Å². The lowest BCUT2D eigenvalue weighted by atomic mass is 10.1. The number of aromatic nitrogens is 3. The molecular weight excluding hydrogens is 348 g/mol. The Labute approximate surface area is 163 Å². The highest BCUT2D eigenvalue weighted by molar-refractivity contribution is 6.00. The normalized spacial score (nSPS) is 11.8. The number of carbonyl (C=O) groups is 1. The predicted molar refractivity (Wildman–Crippen MR) is 109 cm³/mol. The number of rotatable bonds is 5. The van der Waals surface area contributed by atoms with E-state index < -0.39 is 0 Å². The van der Waals surface area contributed by atoms with Gasteiger partial charge in [-0.25, -0.2) is 4.68 Å². The minimum absolute atomic E-state index is 0.115. The van der Waals surface area contributed by atoms with E-state index in [1.165, 1.54) is 0 Å². The van der Waals surface area contributed by atoms with Crippen molar-refractivity contribution in [2.75, 3.05) is 0 Å². The molecule has 5 heteroatoms. The standard InChI is InChI=1S/C23H20N4O/c1-17(18-9-4-2-5-10-18)25-23(28)21-16-27(20-12-6-3-7-13-20)26-22(21)19-11-8-14-24-15-19/h2-17H,1H3,(H,25,28)/t17-/m0/s1. The van der Waals surface area contributed by atoms with Crippen LogP contribution >= 0.6 is 0 Å². The first-order valence-electron chi connectivity index (χ1n) is 9.13. The second kappa shape index (κ2) is 7.88. The molecule has 0 aliphatic rings. The first kappa shape index (κ1) is 17.7. The van der Waals surface area contributed by atoms with E-state index in [-0.39, 0.29) is 11.9 Å². The highest BCUT2D eigenvalue weighted by Crippen LogP contribution is 2.24. The molecule has 2 heterocycles. The van der Waals surface area contributed by atoms with Crippen LogP contribution in [0.2, 0.25) is 0 Å². The molecular formula is C23H20N4O. The number of hydrogen-bond donors (Lipinski definition) is 1. The maximum atomic E-state index is 13.1. The van der Waals surface area contributed by atoms with Crippen LogP contribution in [0, 0.1) is 0 Å². The molecule has 0 unspecified atom stereocenters. The van der Waals surface area contributed by atoms with Gasteiger partial charge in [0.2, 0.25) is 0 Å². The fourth-order valence-electron chi connectivity index (χ4n) is 3.07. The molecule has 28 heavy (non-hydrogen) atoms. The van der Waals surface area contributed by atoms with Crippen LogP contribution in [0.3, 0.4) is 0 Å². The van der Waals surface area contributed by atoms with Crippen molar-refractivity contribution in [3.05, 3.63) is 103 Å². The zero-order valence-corrected chi connectivity index (χ0v) is 15.5. The maximum absolute atomic E-state index is 13.1. The van der Waals surface area contributed by atoms with Crippen LogP contribution in [0.4, 0.5) is 0 Å². The van der Waals surface area contributed by atoms with Gasteiger partial charge in [0.25, 0.3) is 5.91 Å². The molecule has 0 spiro atoms. The molecule has 0 radical (unpaired) electrons. The molecule has 4 aromatic rings. The average molecular weight is 368 g/mol. The van der Waals surface area contributed by atoms with E-state index in [1.807, 2.05) is 79.7 Å². The molecule has 0 saturated heterocycles. The van der Waals surface area contributed by atoms with E-state index in [9.17, 15) is 4.79 Å². The molecule has 138 valence electrons. The molecule has 0 aliphatic heterocycles. The van der Waals surface area contributed by atoms with Crippen LogP contribution in [-0.4, -0.2) is 20.7 Å². The summed E-state index contributed by atoms with van der Waals surface area (Å²) >= 11 is 0. The van der Waals surface area contributed by atoms with Crippen molar-refractivity contribution in [3.63, 3.8) is 0 Å². The molecule has 0 fully saturated rings. The van der Waals surface area contributed by atoms with Gasteiger partial charge in [0, 0.05) is 24.2 Å². The van der Waals surface area contributed by atoms with Crippen LogP contribution in [-0.2, 0) is 0 Å². The fraction of sp³-hybridized carbons (Fsp3) is 0.0870. The monoisotopic (exact) mass is 368 g/mol. The van der Waals surface area contributed by atoms with Gasteiger partial charge in [-0.3, -0.25) is 9.78 Å². The first-order chi connectivity index (χ1) is 13.7. The number of para-hydroxylation sites is 1. The van der Waals surface area contributed by atoms with Crippen molar-refractivity contribution in [1.82, 2.24) is 20.1 Å². The van der Waals surface area contributed by atoms with Gasteiger partial charge in [0.1, 0.15) is 5.69 Å². The zero-order chi connectivity index (χ0) is 19.3. The van der Waals surface area contributed by atoms with Crippen LogP contribution in [0.5, 0.6) is 0 Å². The molecule has 4 rings (SSSR count). The summed E-state index contributed by atoms with van der Waals surface area (Å²) in [5.41, 5.74) is 3.86. The summed E-state index contributed by atoms with van der Waals surface area (Å²) in [6, 6.07) is 23.3. The highest BCUT2D eigenvalue weighted by Gasteiger charge is 2.20. The minimum Gasteiger partial charge on any atom is -0.345 e. The van der Waals surface area contributed by atoms with Gasteiger partial charge < -0.3 is 5.32 Å². The molecule has 1 N–H and O–H groups in total. The van der Waals surface area contributed by atoms with Gasteiger partial charge in [0.15, 0.2) is 0 Å². The van der Waals surface area contributed by atoms with Crippen molar-refractivity contribution in [2.45, 2.75) is 13.0 Å². The first-order valence-corrected chi connectivity index (χ1v) is 9.13. The lowest BCUT2D eigenvalue weighted by Gasteiger charge is -2.14. The van der Waals surface area contributed by atoms with E-state index in [1.54, 1.807) is 23.3 Å². The second-order valence-electron chi connectivity index (χ2n) is 6.52. The van der Waals surface area contributed by atoms with Gasteiger partial charge >= 0.3 is 0 Å². The number of nitrogens with zero attached hydrogens (tertiary/aromatic N) is 3. The number of nitrogens with one attached hydrogen (secondary N) is 1. The van der Waals surface area contributed by atoms with Crippen LogP contribution < -0.4 is 5.32 Å². The zero-order valence-electron chi connectivity index (χ0n) is 15.5. The second-order valence-corrected chi connectivity index (χ2v) is 6.52. The number of carbonyl (C=O) groups excluding carboxylic acids is 1. The summed E-state index contributed by atoms with van der Waals surface area (Å²) in [7, 11) is 0. The lowest BCUT2D eigenvalue weighted by molar-refractivity contribution is 0.0940. The van der Waals surface area contributed by atoms with E-state index in [0.717, 1.165) is 16.8 Å².